The minimum Gasteiger partial charge on any atom is -0.396 e. The topological polar surface area (TPSA) is 62.3 Å². The molecular weight excluding hydrogens is 226 g/mol. The second-order valence-corrected chi connectivity index (χ2v) is 5.03. The molecule has 0 bridgehead atoms. The van der Waals surface area contributed by atoms with Crippen LogP contribution in [0.1, 0.15) is 25.3 Å². The minimum atomic E-state index is -0.132. The summed E-state index contributed by atoms with van der Waals surface area (Å²) in [5.41, 5.74) is 7.97. The molecule has 1 fully saturated rings. The van der Waals surface area contributed by atoms with Crippen LogP contribution in [0.15, 0.2) is 18.2 Å². The molecule has 1 unspecified atom stereocenters. The van der Waals surface area contributed by atoms with Crippen LogP contribution in [0, 0.1) is 11.3 Å². The molecule has 4 nitrogen and oxygen atoms in total. The number of nitrogen functional groups attached to an aromatic ring is 1. The molecule has 2 rings (SSSR count). The second-order valence-electron chi connectivity index (χ2n) is 5.03. The van der Waals surface area contributed by atoms with Gasteiger partial charge in [0.05, 0.1) is 22.5 Å². The summed E-state index contributed by atoms with van der Waals surface area (Å²) < 4.78 is 5.58. The lowest BCUT2D eigenvalue weighted by molar-refractivity contribution is -0.00462. The number of nitrogens with zero attached hydrogens (tertiary/aromatic N) is 2. The lowest BCUT2D eigenvalue weighted by atomic mass is 9.94. The third-order valence-electron chi connectivity index (χ3n) is 3.70. The Morgan fingerprint density at radius 1 is 1.50 bits per heavy atom. The molecule has 1 aromatic carbocycles. The van der Waals surface area contributed by atoms with E-state index in [0.717, 1.165) is 31.6 Å². The highest BCUT2D eigenvalue weighted by atomic mass is 16.5. The zero-order valence-electron chi connectivity index (χ0n) is 10.9. The molecule has 0 aliphatic carbocycles. The number of anilines is 2. The van der Waals surface area contributed by atoms with E-state index >= 15 is 0 Å². The van der Waals surface area contributed by atoms with Crippen molar-refractivity contribution in [2.24, 2.45) is 0 Å². The largest absolute Gasteiger partial charge is 0.396 e. The highest BCUT2D eigenvalue weighted by molar-refractivity contribution is 5.74. The van der Waals surface area contributed by atoms with Crippen LogP contribution in [-0.4, -0.2) is 25.8 Å². The molecule has 1 heterocycles. The van der Waals surface area contributed by atoms with Gasteiger partial charge in [-0.2, -0.15) is 5.26 Å². The first-order valence-electron chi connectivity index (χ1n) is 6.18. The van der Waals surface area contributed by atoms with Gasteiger partial charge in [-0.15, -0.1) is 0 Å². The molecule has 18 heavy (non-hydrogen) atoms. The molecule has 1 aliphatic heterocycles. The summed E-state index contributed by atoms with van der Waals surface area (Å²) in [5, 5.41) is 9.02. The van der Waals surface area contributed by atoms with E-state index in [0.29, 0.717) is 11.3 Å². The van der Waals surface area contributed by atoms with Gasteiger partial charge in [-0.25, -0.2) is 0 Å². The molecule has 2 N–H and O–H groups in total. The average Bonchev–Trinajstić information content (AvgIpc) is 2.39. The van der Waals surface area contributed by atoms with E-state index in [1.807, 2.05) is 12.1 Å². The monoisotopic (exact) mass is 245 g/mol. The predicted molar refractivity (Wildman–Crippen MR) is 72.4 cm³/mol. The lowest BCUT2D eigenvalue weighted by Gasteiger charge is -2.41. The first kappa shape index (κ1) is 12.7. The van der Waals surface area contributed by atoms with Crippen LogP contribution in [0.4, 0.5) is 11.4 Å². The van der Waals surface area contributed by atoms with Crippen molar-refractivity contribution in [2.75, 3.05) is 30.8 Å². The fraction of sp³-hybridized carbons (Fsp3) is 0.500. The van der Waals surface area contributed by atoms with Crippen LogP contribution in [0.25, 0.3) is 0 Å². The Balaban J connectivity index is 2.30. The maximum atomic E-state index is 9.02. The van der Waals surface area contributed by atoms with Crippen molar-refractivity contribution in [3.63, 3.8) is 0 Å². The molecule has 0 radical (unpaired) electrons. The predicted octanol–water partition coefficient (Wildman–Crippen LogP) is 2.15. The van der Waals surface area contributed by atoms with Gasteiger partial charge in [-0.3, -0.25) is 0 Å². The summed E-state index contributed by atoms with van der Waals surface area (Å²) in [4.78, 5) is 2.21. The van der Waals surface area contributed by atoms with Crippen molar-refractivity contribution in [2.45, 2.75) is 25.4 Å². The highest BCUT2D eigenvalue weighted by Crippen LogP contribution is 2.32. The maximum absolute atomic E-state index is 9.02. The van der Waals surface area contributed by atoms with Gasteiger partial charge in [0.15, 0.2) is 0 Å². The van der Waals surface area contributed by atoms with Gasteiger partial charge in [0, 0.05) is 20.2 Å². The molecule has 1 aliphatic rings. The zero-order valence-corrected chi connectivity index (χ0v) is 10.9. The zero-order chi connectivity index (χ0) is 13.2. The molecule has 1 aromatic rings. The molecule has 0 spiro atoms. The minimum absolute atomic E-state index is 0.132. The van der Waals surface area contributed by atoms with Crippen LogP contribution in [0.3, 0.4) is 0 Å². The molecule has 1 atom stereocenters. The summed E-state index contributed by atoms with van der Waals surface area (Å²) in [5.74, 6) is 0. The van der Waals surface area contributed by atoms with E-state index in [1.165, 1.54) is 0 Å². The summed E-state index contributed by atoms with van der Waals surface area (Å²) >= 11 is 0. The van der Waals surface area contributed by atoms with E-state index in [9.17, 15) is 0 Å². The summed E-state index contributed by atoms with van der Waals surface area (Å²) in [6, 6.07) is 7.72. The van der Waals surface area contributed by atoms with E-state index in [-0.39, 0.29) is 5.60 Å². The SMILES string of the molecule is COC1(C)CCCN(c2cccc(C#N)c2N)C1. The average molecular weight is 245 g/mol. The van der Waals surface area contributed by atoms with Crippen molar-refractivity contribution >= 4 is 11.4 Å². The van der Waals surface area contributed by atoms with E-state index in [2.05, 4.69) is 17.9 Å². The number of hydrogen-bond donors (Lipinski definition) is 1. The summed E-state index contributed by atoms with van der Waals surface area (Å²) in [6.45, 7) is 3.88. The van der Waals surface area contributed by atoms with Gasteiger partial charge >= 0.3 is 0 Å². The van der Waals surface area contributed by atoms with Crippen molar-refractivity contribution < 1.29 is 4.74 Å². The van der Waals surface area contributed by atoms with Crippen LogP contribution in [-0.2, 0) is 4.74 Å². The van der Waals surface area contributed by atoms with Crippen LogP contribution < -0.4 is 10.6 Å². The normalized spacial score (nSPS) is 23.7. The van der Waals surface area contributed by atoms with Gasteiger partial charge in [-0.05, 0) is 31.9 Å². The summed E-state index contributed by atoms with van der Waals surface area (Å²) in [7, 11) is 1.75. The van der Waals surface area contributed by atoms with Crippen molar-refractivity contribution in [3.05, 3.63) is 23.8 Å². The number of benzene rings is 1. The third kappa shape index (κ3) is 2.27. The fourth-order valence-corrected chi connectivity index (χ4v) is 2.50. The quantitative estimate of drug-likeness (QED) is 0.811. The Bertz CT molecular complexity index is 480. The fourth-order valence-electron chi connectivity index (χ4n) is 2.50. The number of piperidine rings is 1. The lowest BCUT2D eigenvalue weighted by Crippen LogP contribution is -2.47. The number of ether oxygens (including phenoxy) is 1. The second kappa shape index (κ2) is 4.87. The Labute approximate surface area is 108 Å². The molecule has 4 heteroatoms. The van der Waals surface area contributed by atoms with Gasteiger partial charge in [0.25, 0.3) is 0 Å². The first-order valence-corrected chi connectivity index (χ1v) is 6.18. The van der Waals surface area contributed by atoms with Gasteiger partial charge in [0.1, 0.15) is 6.07 Å². The molecule has 96 valence electrons. The number of rotatable bonds is 2. The van der Waals surface area contributed by atoms with Crippen LogP contribution in [0.5, 0.6) is 0 Å². The van der Waals surface area contributed by atoms with Crippen molar-refractivity contribution in [1.29, 1.82) is 5.26 Å². The smallest absolute Gasteiger partial charge is 0.101 e. The Morgan fingerprint density at radius 3 is 2.94 bits per heavy atom. The van der Waals surface area contributed by atoms with E-state index < -0.39 is 0 Å². The first-order chi connectivity index (χ1) is 8.59. The van der Waals surface area contributed by atoms with Crippen LogP contribution >= 0.6 is 0 Å². The van der Waals surface area contributed by atoms with Crippen LogP contribution in [0.2, 0.25) is 0 Å². The molecule has 0 saturated carbocycles. The standard InChI is InChI=1S/C14H19N3O/c1-14(18-2)7-4-8-17(10-14)12-6-3-5-11(9-15)13(12)16/h3,5-6H,4,7-8,10,16H2,1-2H3. The van der Waals surface area contributed by atoms with Gasteiger partial charge < -0.3 is 15.4 Å². The molecular formula is C14H19N3O. The van der Waals surface area contributed by atoms with Crippen molar-refractivity contribution in [3.8, 4) is 6.07 Å². The Morgan fingerprint density at radius 2 is 2.28 bits per heavy atom. The van der Waals surface area contributed by atoms with Gasteiger partial charge in [-0.1, -0.05) is 6.07 Å². The number of nitrogens with two attached hydrogens (primary N) is 1. The third-order valence-corrected chi connectivity index (χ3v) is 3.70. The Hall–Kier alpha value is -1.73. The highest BCUT2D eigenvalue weighted by Gasteiger charge is 2.31. The Kier molecular flexibility index (Phi) is 3.44. The number of methoxy groups -OCH3 is 1. The maximum Gasteiger partial charge on any atom is 0.101 e. The number of para-hydroxylation sites is 1. The number of nitriles is 1. The van der Waals surface area contributed by atoms with E-state index in [1.54, 1.807) is 13.2 Å². The van der Waals surface area contributed by atoms with Crippen molar-refractivity contribution in [1.82, 2.24) is 0 Å². The summed E-state index contributed by atoms with van der Waals surface area (Å²) in [6.07, 6.45) is 2.12. The van der Waals surface area contributed by atoms with Gasteiger partial charge in [0.2, 0.25) is 0 Å². The number of hydrogen-bond acceptors (Lipinski definition) is 4. The molecule has 0 amide bonds. The molecule has 1 saturated heterocycles. The van der Waals surface area contributed by atoms with E-state index in [4.69, 9.17) is 15.7 Å². The molecule has 0 aromatic heterocycles.